The molecule has 2 aliphatic heterocycles. The Morgan fingerprint density at radius 1 is 1.57 bits per heavy atom. The zero-order chi connectivity index (χ0) is 9.97. The van der Waals surface area contributed by atoms with Crippen molar-refractivity contribution in [2.45, 2.75) is 32.4 Å². The second kappa shape index (κ2) is 4.17. The maximum Gasteiger partial charge on any atom is 0.194 e. The Hall–Kier alpha value is -0.770. The molecular weight excluding hydrogens is 176 g/mol. The zero-order valence-electron chi connectivity index (χ0n) is 9.08. The Morgan fingerprint density at radius 3 is 3.07 bits per heavy atom. The number of guanidine groups is 1. The van der Waals surface area contributed by atoms with Crippen LogP contribution >= 0.6 is 0 Å². The first-order valence-corrected chi connectivity index (χ1v) is 5.55. The summed E-state index contributed by atoms with van der Waals surface area (Å²) in [6, 6.07) is 1.13. The van der Waals surface area contributed by atoms with Crippen molar-refractivity contribution in [3.05, 3.63) is 0 Å². The Labute approximate surface area is 85.8 Å². The van der Waals surface area contributed by atoms with Gasteiger partial charge in [-0.25, -0.2) is 0 Å². The molecule has 0 amide bonds. The SMILES string of the molecule is CC(C)N1CCN=C1NC1CCNC1. The quantitative estimate of drug-likeness (QED) is 0.654. The number of nitrogens with one attached hydrogen (secondary N) is 2. The summed E-state index contributed by atoms with van der Waals surface area (Å²) in [5.74, 6) is 1.11. The van der Waals surface area contributed by atoms with Gasteiger partial charge in [-0.1, -0.05) is 0 Å². The van der Waals surface area contributed by atoms with Crippen molar-refractivity contribution < 1.29 is 0 Å². The van der Waals surface area contributed by atoms with Gasteiger partial charge in [0, 0.05) is 25.2 Å². The predicted octanol–water partition coefficient (Wildman–Crippen LogP) is 0.0179. The first-order chi connectivity index (χ1) is 6.77. The molecule has 1 saturated heterocycles. The molecular formula is C10H20N4. The summed E-state index contributed by atoms with van der Waals surface area (Å²) >= 11 is 0. The fourth-order valence-electron chi connectivity index (χ4n) is 2.05. The van der Waals surface area contributed by atoms with E-state index in [0.717, 1.165) is 32.1 Å². The third-order valence-corrected chi connectivity index (χ3v) is 2.89. The van der Waals surface area contributed by atoms with E-state index in [1.165, 1.54) is 6.42 Å². The molecule has 1 unspecified atom stereocenters. The van der Waals surface area contributed by atoms with E-state index in [2.05, 4.69) is 34.4 Å². The molecule has 2 aliphatic rings. The molecule has 2 rings (SSSR count). The topological polar surface area (TPSA) is 39.7 Å². The van der Waals surface area contributed by atoms with Gasteiger partial charge in [-0.15, -0.1) is 0 Å². The van der Waals surface area contributed by atoms with Gasteiger partial charge >= 0.3 is 0 Å². The second-order valence-corrected chi connectivity index (χ2v) is 4.33. The fraction of sp³-hybridized carbons (Fsp3) is 0.900. The molecule has 0 radical (unpaired) electrons. The van der Waals surface area contributed by atoms with Crippen LogP contribution in [0.3, 0.4) is 0 Å². The van der Waals surface area contributed by atoms with Gasteiger partial charge in [0.05, 0.1) is 6.54 Å². The average Bonchev–Trinajstić information content (AvgIpc) is 2.75. The Morgan fingerprint density at radius 2 is 2.43 bits per heavy atom. The molecule has 0 spiro atoms. The summed E-state index contributed by atoms with van der Waals surface area (Å²) in [4.78, 5) is 6.85. The van der Waals surface area contributed by atoms with Crippen LogP contribution in [0, 0.1) is 0 Å². The van der Waals surface area contributed by atoms with Crippen molar-refractivity contribution in [2.75, 3.05) is 26.2 Å². The van der Waals surface area contributed by atoms with Gasteiger partial charge in [0.15, 0.2) is 5.96 Å². The molecule has 0 bridgehead atoms. The maximum atomic E-state index is 4.51. The van der Waals surface area contributed by atoms with Crippen molar-refractivity contribution in [3.8, 4) is 0 Å². The van der Waals surface area contributed by atoms with Crippen molar-refractivity contribution in [1.29, 1.82) is 0 Å². The lowest BCUT2D eigenvalue weighted by Gasteiger charge is -2.26. The summed E-state index contributed by atoms with van der Waals surface area (Å²) in [6.07, 6.45) is 1.21. The summed E-state index contributed by atoms with van der Waals surface area (Å²) in [6.45, 7) is 8.66. The van der Waals surface area contributed by atoms with E-state index in [0.29, 0.717) is 12.1 Å². The smallest absolute Gasteiger partial charge is 0.194 e. The molecule has 0 aliphatic carbocycles. The highest BCUT2D eigenvalue weighted by Gasteiger charge is 2.23. The number of rotatable bonds is 2. The Kier molecular flexibility index (Phi) is 2.91. The summed E-state index contributed by atoms with van der Waals surface area (Å²) < 4.78 is 0. The molecule has 2 heterocycles. The number of hydrogen-bond acceptors (Lipinski definition) is 4. The van der Waals surface area contributed by atoms with Crippen LogP contribution in [0.15, 0.2) is 4.99 Å². The van der Waals surface area contributed by atoms with Crippen molar-refractivity contribution in [1.82, 2.24) is 15.5 Å². The molecule has 0 saturated carbocycles. The second-order valence-electron chi connectivity index (χ2n) is 4.33. The van der Waals surface area contributed by atoms with Gasteiger partial charge in [0.1, 0.15) is 0 Å². The van der Waals surface area contributed by atoms with Crippen LogP contribution in [0.2, 0.25) is 0 Å². The fourth-order valence-corrected chi connectivity index (χ4v) is 2.05. The molecule has 4 nitrogen and oxygen atoms in total. The van der Waals surface area contributed by atoms with Gasteiger partial charge in [-0.05, 0) is 26.8 Å². The molecule has 2 N–H and O–H groups in total. The lowest BCUT2D eigenvalue weighted by Crippen LogP contribution is -2.47. The van der Waals surface area contributed by atoms with Crippen LogP contribution in [-0.4, -0.2) is 49.1 Å². The van der Waals surface area contributed by atoms with Crippen LogP contribution in [0.1, 0.15) is 20.3 Å². The normalized spacial score (nSPS) is 27.2. The van der Waals surface area contributed by atoms with Crippen molar-refractivity contribution in [3.63, 3.8) is 0 Å². The van der Waals surface area contributed by atoms with E-state index in [9.17, 15) is 0 Å². The average molecular weight is 196 g/mol. The lowest BCUT2D eigenvalue weighted by atomic mass is 10.2. The van der Waals surface area contributed by atoms with E-state index in [1.807, 2.05) is 0 Å². The summed E-state index contributed by atoms with van der Waals surface area (Å²) in [5.41, 5.74) is 0. The van der Waals surface area contributed by atoms with E-state index < -0.39 is 0 Å². The molecule has 14 heavy (non-hydrogen) atoms. The highest BCUT2D eigenvalue weighted by atomic mass is 15.4. The van der Waals surface area contributed by atoms with Crippen LogP contribution in [0.5, 0.6) is 0 Å². The van der Waals surface area contributed by atoms with Gasteiger partial charge in [-0.2, -0.15) is 0 Å². The number of nitrogens with zero attached hydrogens (tertiary/aromatic N) is 2. The molecule has 1 atom stereocenters. The molecule has 0 aromatic carbocycles. The van der Waals surface area contributed by atoms with Crippen molar-refractivity contribution >= 4 is 5.96 Å². The Bertz CT molecular complexity index is 218. The summed E-state index contributed by atoms with van der Waals surface area (Å²) in [5, 5.41) is 6.88. The standard InChI is InChI=1S/C10H20N4/c1-8(2)14-6-5-12-10(14)13-9-3-4-11-7-9/h8-9,11H,3-7H2,1-2H3,(H,12,13). The lowest BCUT2D eigenvalue weighted by molar-refractivity contribution is 0.364. The van der Waals surface area contributed by atoms with Gasteiger partial charge in [-0.3, -0.25) is 4.99 Å². The molecule has 1 fully saturated rings. The molecule has 80 valence electrons. The van der Waals surface area contributed by atoms with E-state index in [4.69, 9.17) is 0 Å². The minimum atomic E-state index is 0.554. The molecule has 0 aromatic rings. The van der Waals surface area contributed by atoms with Crippen LogP contribution in [-0.2, 0) is 0 Å². The van der Waals surface area contributed by atoms with Crippen LogP contribution in [0.4, 0.5) is 0 Å². The third kappa shape index (κ3) is 2.00. The highest BCUT2D eigenvalue weighted by molar-refractivity contribution is 5.82. The van der Waals surface area contributed by atoms with Gasteiger partial charge in [0.25, 0.3) is 0 Å². The molecule has 4 heteroatoms. The highest BCUT2D eigenvalue weighted by Crippen LogP contribution is 2.07. The first-order valence-electron chi connectivity index (χ1n) is 5.55. The largest absolute Gasteiger partial charge is 0.352 e. The van der Waals surface area contributed by atoms with E-state index in [1.54, 1.807) is 0 Å². The molecule has 0 aromatic heterocycles. The van der Waals surface area contributed by atoms with Gasteiger partial charge < -0.3 is 15.5 Å². The zero-order valence-corrected chi connectivity index (χ0v) is 9.08. The first kappa shape index (κ1) is 9.77. The predicted molar refractivity (Wildman–Crippen MR) is 58.6 cm³/mol. The number of aliphatic imine (C=N–C) groups is 1. The maximum absolute atomic E-state index is 4.51. The van der Waals surface area contributed by atoms with E-state index in [-0.39, 0.29) is 0 Å². The van der Waals surface area contributed by atoms with Crippen LogP contribution < -0.4 is 10.6 Å². The van der Waals surface area contributed by atoms with Crippen molar-refractivity contribution in [2.24, 2.45) is 4.99 Å². The van der Waals surface area contributed by atoms with Crippen LogP contribution in [0.25, 0.3) is 0 Å². The van der Waals surface area contributed by atoms with E-state index >= 15 is 0 Å². The third-order valence-electron chi connectivity index (χ3n) is 2.89. The number of hydrogen-bond donors (Lipinski definition) is 2. The Balaban J connectivity index is 1.89. The minimum Gasteiger partial charge on any atom is -0.352 e. The monoisotopic (exact) mass is 196 g/mol. The minimum absolute atomic E-state index is 0.554. The van der Waals surface area contributed by atoms with Gasteiger partial charge in [0.2, 0.25) is 0 Å². The summed E-state index contributed by atoms with van der Waals surface area (Å²) in [7, 11) is 0.